The van der Waals surface area contributed by atoms with E-state index in [4.69, 9.17) is 0 Å². The summed E-state index contributed by atoms with van der Waals surface area (Å²) in [7, 11) is 1.81. The molecule has 0 aromatic carbocycles. The fraction of sp³-hybridized carbons (Fsp3) is 0.300. The van der Waals surface area contributed by atoms with Crippen LogP contribution < -0.4 is 5.56 Å². The summed E-state index contributed by atoms with van der Waals surface area (Å²) in [5.74, 6) is 0.766. The second-order valence-electron chi connectivity index (χ2n) is 3.42. The van der Waals surface area contributed by atoms with Gasteiger partial charge >= 0.3 is 0 Å². The van der Waals surface area contributed by atoms with E-state index in [0.717, 1.165) is 11.4 Å². The Kier molecular flexibility index (Phi) is 2.37. The van der Waals surface area contributed by atoms with Gasteiger partial charge in [0.1, 0.15) is 12.2 Å². The average Bonchev–Trinajstić information content (AvgIpc) is 2.60. The van der Waals surface area contributed by atoms with Gasteiger partial charge in [-0.1, -0.05) is 6.07 Å². The van der Waals surface area contributed by atoms with E-state index < -0.39 is 0 Å². The van der Waals surface area contributed by atoms with Crippen molar-refractivity contribution in [2.75, 3.05) is 0 Å². The summed E-state index contributed by atoms with van der Waals surface area (Å²) in [4.78, 5) is 15.8. The summed E-state index contributed by atoms with van der Waals surface area (Å²) < 4.78 is 3.29. The largest absolute Gasteiger partial charge is 0.308 e. The molecule has 0 bridgehead atoms. The van der Waals surface area contributed by atoms with Crippen LogP contribution in [-0.4, -0.2) is 19.3 Å². The fourth-order valence-corrected chi connectivity index (χ4v) is 1.40. The summed E-state index contributed by atoms with van der Waals surface area (Å²) in [5, 5.41) is 3.96. The van der Waals surface area contributed by atoms with Gasteiger partial charge in [-0.25, -0.2) is 4.98 Å². The van der Waals surface area contributed by atoms with E-state index in [2.05, 4.69) is 10.1 Å². The molecule has 0 N–H and O–H groups in total. The molecule has 15 heavy (non-hydrogen) atoms. The van der Waals surface area contributed by atoms with Gasteiger partial charge in [-0.3, -0.25) is 9.48 Å². The van der Waals surface area contributed by atoms with Crippen molar-refractivity contribution >= 4 is 0 Å². The van der Waals surface area contributed by atoms with E-state index in [0.29, 0.717) is 6.54 Å². The first kappa shape index (κ1) is 9.64. The van der Waals surface area contributed by atoms with Crippen LogP contribution in [0.5, 0.6) is 0 Å². The van der Waals surface area contributed by atoms with E-state index in [1.807, 2.05) is 13.1 Å². The molecule has 0 unspecified atom stereocenters. The van der Waals surface area contributed by atoms with E-state index in [1.165, 1.54) is 6.33 Å². The quantitative estimate of drug-likeness (QED) is 0.708. The highest BCUT2D eigenvalue weighted by molar-refractivity contribution is 5.08. The van der Waals surface area contributed by atoms with Crippen molar-refractivity contribution in [3.63, 3.8) is 0 Å². The molecule has 0 aliphatic rings. The molecule has 0 radical (unpaired) electrons. The van der Waals surface area contributed by atoms with Crippen molar-refractivity contribution in [1.29, 1.82) is 0 Å². The Balaban J connectivity index is 2.37. The van der Waals surface area contributed by atoms with Crippen molar-refractivity contribution in [3.05, 3.63) is 46.4 Å². The van der Waals surface area contributed by atoms with Crippen molar-refractivity contribution in [3.8, 4) is 0 Å². The number of nitrogens with zero attached hydrogens (tertiary/aromatic N) is 4. The molecule has 0 amide bonds. The molecule has 0 atom stereocenters. The minimum Gasteiger partial charge on any atom is -0.308 e. The average molecular weight is 204 g/mol. The Bertz CT molecular complexity index is 526. The van der Waals surface area contributed by atoms with Crippen LogP contribution in [-0.2, 0) is 13.6 Å². The minimum absolute atomic E-state index is 0.0144. The lowest BCUT2D eigenvalue weighted by Crippen LogP contribution is -2.23. The van der Waals surface area contributed by atoms with Crippen LogP contribution in [0.3, 0.4) is 0 Å². The van der Waals surface area contributed by atoms with Gasteiger partial charge in [-0.05, 0) is 13.0 Å². The zero-order valence-electron chi connectivity index (χ0n) is 8.71. The van der Waals surface area contributed by atoms with Crippen LogP contribution >= 0.6 is 0 Å². The molecular weight excluding hydrogens is 192 g/mol. The Morgan fingerprint density at radius 3 is 2.93 bits per heavy atom. The van der Waals surface area contributed by atoms with Crippen LogP contribution in [0, 0.1) is 6.92 Å². The zero-order chi connectivity index (χ0) is 10.8. The number of aryl methyl sites for hydroxylation is 2. The maximum Gasteiger partial charge on any atom is 0.253 e. The first-order valence-corrected chi connectivity index (χ1v) is 4.67. The first-order valence-electron chi connectivity index (χ1n) is 4.67. The van der Waals surface area contributed by atoms with Crippen molar-refractivity contribution < 1.29 is 0 Å². The van der Waals surface area contributed by atoms with Crippen LogP contribution in [0.1, 0.15) is 11.4 Å². The molecule has 5 nitrogen and oxygen atoms in total. The third kappa shape index (κ3) is 1.81. The summed E-state index contributed by atoms with van der Waals surface area (Å²) in [6, 6.07) is 3.66. The van der Waals surface area contributed by atoms with Gasteiger partial charge in [-0.15, -0.1) is 0 Å². The van der Waals surface area contributed by atoms with Gasteiger partial charge in [0.25, 0.3) is 5.56 Å². The highest BCUT2D eigenvalue weighted by Gasteiger charge is 2.03. The van der Waals surface area contributed by atoms with Crippen LogP contribution in [0.25, 0.3) is 0 Å². The molecule has 2 rings (SSSR count). The summed E-state index contributed by atoms with van der Waals surface area (Å²) >= 11 is 0. The molecule has 2 aromatic heterocycles. The molecule has 2 aromatic rings. The Morgan fingerprint density at radius 2 is 2.27 bits per heavy atom. The lowest BCUT2D eigenvalue weighted by Gasteiger charge is -2.05. The minimum atomic E-state index is 0.0144. The molecule has 0 saturated heterocycles. The predicted molar refractivity (Wildman–Crippen MR) is 55.5 cm³/mol. The van der Waals surface area contributed by atoms with E-state index >= 15 is 0 Å². The molecule has 0 spiro atoms. The topological polar surface area (TPSA) is 52.7 Å². The maximum absolute atomic E-state index is 11.7. The van der Waals surface area contributed by atoms with Crippen molar-refractivity contribution in [2.24, 2.45) is 7.05 Å². The fourth-order valence-electron chi connectivity index (χ4n) is 1.40. The van der Waals surface area contributed by atoms with Gasteiger partial charge < -0.3 is 4.57 Å². The highest BCUT2D eigenvalue weighted by Crippen LogP contribution is 1.95. The Hall–Kier alpha value is -1.91. The molecule has 0 fully saturated rings. The lowest BCUT2D eigenvalue weighted by atomic mass is 10.3. The Labute approximate surface area is 87.0 Å². The summed E-state index contributed by atoms with van der Waals surface area (Å²) in [6.07, 6.45) is 3.24. The Morgan fingerprint density at radius 1 is 1.47 bits per heavy atom. The normalized spacial score (nSPS) is 10.5. The summed E-state index contributed by atoms with van der Waals surface area (Å²) in [5.41, 5.74) is 0.750. The smallest absolute Gasteiger partial charge is 0.253 e. The van der Waals surface area contributed by atoms with Gasteiger partial charge in [0.2, 0.25) is 0 Å². The van der Waals surface area contributed by atoms with E-state index in [9.17, 15) is 4.79 Å². The van der Waals surface area contributed by atoms with Crippen molar-refractivity contribution in [2.45, 2.75) is 13.5 Å². The molecule has 2 heterocycles. The second-order valence-corrected chi connectivity index (χ2v) is 3.42. The SMILES string of the molecule is Cc1cccn(Cc2ncnn2C)c1=O. The van der Waals surface area contributed by atoms with E-state index in [1.54, 1.807) is 28.4 Å². The number of aromatic nitrogens is 4. The summed E-state index contributed by atoms with van der Waals surface area (Å²) in [6.45, 7) is 2.26. The second kappa shape index (κ2) is 3.68. The number of hydrogen-bond donors (Lipinski definition) is 0. The third-order valence-corrected chi connectivity index (χ3v) is 2.33. The van der Waals surface area contributed by atoms with Gasteiger partial charge in [0.15, 0.2) is 0 Å². The third-order valence-electron chi connectivity index (χ3n) is 2.33. The van der Waals surface area contributed by atoms with Gasteiger partial charge in [0, 0.05) is 18.8 Å². The lowest BCUT2D eigenvalue weighted by molar-refractivity contribution is 0.639. The van der Waals surface area contributed by atoms with Crippen LogP contribution in [0.4, 0.5) is 0 Å². The number of pyridine rings is 1. The van der Waals surface area contributed by atoms with E-state index in [-0.39, 0.29) is 5.56 Å². The van der Waals surface area contributed by atoms with Gasteiger partial charge in [0.05, 0.1) is 6.54 Å². The predicted octanol–water partition coefficient (Wildman–Crippen LogP) is 0.334. The number of rotatable bonds is 2. The number of hydrogen-bond acceptors (Lipinski definition) is 3. The zero-order valence-corrected chi connectivity index (χ0v) is 8.71. The molecule has 78 valence electrons. The monoisotopic (exact) mass is 204 g/mol. The first-order chi connectivity index (χ1) is 7.18. The molecular formula is C10H12N4O. The molecule has 5 heteroatoms. The van der Waals surface area contributed by atoms with Crippen LogP contribution in [0.15, 0.2) is 29.5 Å². The van der Waals surface area contributed by atoms with Crippen LogP contribution in [0.2, 0.25) is 0 Å². The maximum atomic E-state index is 11.7. The van der Waals surface area contributed by atoms with Crippen molar-refractivity contribution in [1.82, 2.24) is 19.3 Å². The molecule has 0 aliphatic carbocycles. The molecule has 0 aliphatic heterocycles. The van der Waals surface area contributed by atoms with Gasteiger partial charge in [-0.2, -0.15) is 5.10 Å². The molecule has 0 saturated carbocycles. The standard InChI is InChI=1S/C10H12N4O/c1-8-4-3-5-14(10(8)15)6-9-11-7-12-13(9)2/h3-5,7H,6H2,1-2H3. The highest BCUT2D eigenvalue weighted by atomic mass is 16.1.